The monoisotopic (exact) mass is 429 g/mol. The average molecular weight is 430 g/mol. The zero-order valence-electron chi connectivity index (χ0n) is 17.1. The fourth-order valence-corrected chi connectivity index (χ4v) is 1.51. The van der Waals surface area contributed by atoms with Crippen LogP contribution in [0.1, 0.15) is 26.3 Å². The first-order valence-corrected chi connectivity index (χ1v) is 8.35. The van der Waals surface area contributed by atoms with E-state index in [1.807, 2.05) is 25.1 Å². The van der Waals surface area contributed by atoms with Crippen molar-refractivity contribution < 1.29 is 24.3 Å². The normalized spacial score (nSPS) is 9.03. The summed E-state index contributed by atoms with van der Waals surface area (Å²) in [5, 5.41) is 9.55. The highest BCUT2D eigenvalue weighted by molar-refractivity contribution is 5.85. The molecule has 1 rings (SSSR count). The number of nitrogens with zero attached hydrogens (tertiary/aromatic N) is 1. The molecular formula is C22H36ClNO5. The van der Waals surface area contributed by atoms with Crippen molar-refractivity contribution in [2.45, 2.75) is 27.2 Å². The van der Waals surface area contributed by atoms with Crippen molar-refractivity contribution in [1.82, 2.24) is 5.06 Å². The Morgan fingerprint density at radius 1 is 1.17 bits per heavy atom. The minimum absolute atomic E-state index is 0. The number of amides is 1. The van der Waals surface area contributed by atoms with Gasteiger partial charge in [0, 0.05) is 20.8 Å². The zero-order valence-corrected chi connectivity index (χ0v) is 17.9. The van der Waals surface area contributed by atoms with Crippen LogP contribution in [0, 0.1) is 0 Å². The van der Waals surface area contributed by atoms with Gasteiger partial charge in [0.15, 0.2) is 0 Å². The topological polar surface area (TPSA) is 76.1 Å². The second-order valence-electron chi connectivity index (χ2n) is 5.07. The highest BCUT2D eigenvalue weighted by Crippen LogP contribution is 2.05. The lowest BCUT2D eigenvalue weighted by molar-refractivity contribution is -0.167. The number of hydrogen-bond acceptors (Lipinski definition) is 4. The fourth-order valence-electron chi connectivity index (χ4n) is 1.51. The molecule has 0 atom stereocenters. The van der Waals surface area contributed by atoms with Gasteiger partial charge in [-0.25, -0.2) is 5.06 Å². The number of carboxylic acid groups (broad SMARTS) is 1. The molecule has 0 aliphatic rings. The van der Waals surface area contributed by atoms with Crippen LogP contribution >= 0.6 is 12.4 Å². The Morgan fingerprint density at radius 3 is 2.03 bits per heavy atom. The number of benzene rings is 1. The molecule has 1 aromatic carbocycles. The van der Waals surface area contributed by atoms with Gasteiger partial charge in [-0.3, -0.25) is 14.4 Å². The number of carboxylic acids is 1. The highest BCUT2D eigenvalue weighted by Gasteiger charge is 2.08. The van der Waals surface area contributed by atoms with Gasteiger partial charge in [-0.1, -0.05) is 69.1 Å². The molecule has 0 spiro atoms. The van der Waals surface area contributed by atoms with Crippen molar-refractivity contribution >= 4 is 24.3 Å². The first-order chi connectivity index (χ1) is 12.9. The number of carbonyl (C=O) groups excluding carboxylic acids is 1. The van der Waals surface area contributed by atoms with Crippen molar-refractivity contribution in [3.8, 4) is 0 Å². The summed E-state index contributed by atoms with van der Waals surface area (Å²) < 4.78 is 4.54. The summed E-state index contributed by atoms with van der Waals surface area (Å²) in [7, 11) is 4.69. The van der Waals surface area contributed by atoms with Gasteiger partial charge in [0.2, 0.25) is 5.91 Å². The third-order valence-electron chi connectivity index (χ3n) is 3.06. The van der Waals surface area contributed by atoms with Gasteiger partial charge in [-0.2, -0.15) is 0 Å². The molecule has 0 bridgehead atoms. The largest absolute Gasteiger partial charge is 0.481 e. The molecule has 7 heteroatoms. The van der Waals surface area contributed by atoms with Gasteiger partial charge in [0.05, 0.1) is 20.0 Å². The van der Waals surface area contributed by atoms with Crippen molar-refractivity contribution in [2.24, 2.45) is 0 Å². The number of allylic oxidation sites excluding steroid dienone is 3. The maximum absolute atomic E-state index is 11.3. The number of ether oxygens (including phenoxy) is 1. The van der Waals surface area contributed by atoms with Gasteiger partial charge in [0.25, 0.3) is 0 Å². The van der Waals surface area contributed by atoms with E-state index in [0.717, 1.165) is 17.7 Å². The molecule has 1 aromatic rings. The zero-order chi connectivity index (χ0) is 21.1. The quantitative estimate of drug-likeness (QED) is 0.478. The number of carbonyl (C=O) groups is 2. The number of hydrogen-bond donors (Lipinski definition) is 1. The summed E-state index contributed by atoms with van der Waals surface area (Å²) in [5.41, 5.74) is 1.67. The van der Waals surface area contributed by atoms with E-state index in [-0.39, 0.29) is 38.6 Å². The molecule has 0 radical (unpaired) electrons. The predicted octanol–water partition coefficient (Wildman–Crippen LogP) is 4.72. The van der Waals surface area contributed by atoms with Crippen LogP contribution in [0.25, 0.3) is 0 Å². The van der Waals surface area contributed by atoms with Crippen LogP contribution in [0.15, 0.2) is 67.3 Å². The number of halogens is 1. The Hall–Kier alpha value is -2.41. The highest BCUT2D eigenvalue weighted by atomic mass is 35.5. The van der Waals surface area contributed by atoms with Crippen molar-refractivity contribution in [3.05, 3.63) is 72.9 Å². The van der Waals surface area contributed by atoms with Crippen LogP contribution in [-0.2, 0) is 25.6 Å². The third-order valence-corrected chi connectivity index (χ3v) is 3.06. The van der Waals surface area contributed by atoms with E-state index in [1.54, 1.807) is 44.5 Å². The van der Waals surface area contributed by atoms with Gasteiger partial charge in [-0.15, -0.1) is 12.4 Å². The van der Waals surface area contributed by atoms with Gasteiger partial charge in [0.1, 0.15) is 0 Å². The Balaban J connectivity index is -0.000000175. The average Bonchev–Trinajstić information content (AvgIpc) is 2.67. The maximum atomic E-state index is 11.3. The first-order valence-electron chi connectivity index (χ1n) is 8.35. The predicted molar refractivity (Wildman–Crippen MR) is 122 cm³/mol. The minimum Gasteiger partial charge on any atom is -0.481 e. The Labute approximate surface area is 181 Å². The molecule has 166 valence electrons. The molecule has 0 unspecified atom stereocenters. The van der Waals surface area contributed by atoms with E-state index in [4.69, 9.17) is 9.94 Å². The fraction of sp³-hybridized carbons (Fsp3) is 0.364. The number of aliphatic carboxylic acids is 1. The lowest BCUT2D eigenvalue weighted by atomic mass is 10.1. The van der Waals surface area contributed by atoms with Crippen LogP contribution in [0.3, 0.4) is 0 Å². The SMILES string of the molecule is C.C=C/C=C(\C=C)CC(=O)N(C)OC.CCOC.Cl.O=C(O)Cc1ccccc1. The molecule has 1 N–H and O–H groups in total. The van der Waals surface area contributed by atoms with Crippen LogP contribution < -0.4 is 0 Å². The van der Waals surface area contributed by atoms with E-state index >= 15 is 0 Å². The lowest BCUT2D eigenvalue weighted by Gasteiger charge is -2.13. The summed E-state index contributed by atoms with van der Waals surface area (Å²) in [6, 6.07) is 9.13. The van der Waals surface area contributed by atoms with Crippen LogP contribution in [-0.4, -0.2) is 49.9 Å². The van der Waals surface area contributed by atoms with Crippen molar-refractivity contribution in [3.63, 3.8) is 0 Å². The Kier molecular flexibility index (Phi) is 27.8. The molecule has 0 saturated heterocycles. The molecular weight excluding hydrogens is 394 g/mol. The molecule has 0 heterocycles. The number of methoxy groups -OCH3 is 1. The molecule has 0 saturated carbocycles. The van der Waals surface area contributed by atoms with Crippen molar-refractivity contribution in [2.75, 3.05) is 27.9 Å². The summed E-state index contributed by atoms with van der Waals surface area (Å²) in [6.07, 6.45) is 5.38. The molecule has 29 heavy (non-hydrogen) atoms. The second-order valence-corrected chi connectivity index (χ2v) is 5.07. The van der Waals surface area contributed by atoms with Crippen molar-refractivity contribution in [1.29, 1.82) is 0 Å². The summed E-state index contributed by atoms with van der Waals surface area (Å²) in [6.45, 7) is 9.91. The lowest BCUT2D eigenvalue weighted by Crippen LogP contribution is -2.25. The third kappa shape index (κ3) is 21.7. The van der Waals surface area contributed by atoms with Crippen LogP contribution in [0.2, 0.25) is 0 Å². The van der Waals surface area contributed by atoms with E-state index in [0.29, 0.717) is 0 Å². The standard InChI is InChI=1S/C10H15NO2.C8H8O2.C3H8O.CH4.ClH/c1-5-7-9(6-2)8-10(12)11(3)13-4;9-8(10)6-7-4-2-1-3-5-7;1-3-4-2;;/h5-7H,1-2,8H2,3-4H3;1-5H,6H2,(H,9,10);3H2,1-2H3;1H4;1H/b9-7+;;;;. The molecule has 6 nitrogen and oxygen atoms in total. The maximum Gasteiger partial charge on any atom is 0.307 e. The van der Waals surface area contributed by atoms with Crippen LogP contribution in [0.4, 0.5) is 0 Å². The first kappa shape index (κ1) is 34.1. The van der Waals surface area contributed by atoms with E-state index in [9.17, 15) is 9.59 Å². The molecule has 1 amide bonds. The molecule has 0 aliphatic carbocycles. The van der Waals surface area contributed by atoms with Gasteiger partial charge >= 0.3 is 5.97 Å². The van der Waals surface area contributed by atoms with E-state index < -0.39 is 5.97 Å². The summed E-state index contributed by atoms with van der Waals surface area (Å²) in [4.78, 5) is 26.2. The van der Waals surface area contributed by atoms with Gasteiger partial charge < -0.3 is 9.84 Å². The summed E-state index contributed by atoms with van der Waals surface area (Å²) in [5.74, 6) is -0.901. The smallest absolute Gasteiger partial charge is 0.307 e. The Morgan fingerprint density at radius 2 is 1.69 bits per heavy atom. The molecule has 0 aliphatic heterocycles. The molecule has 0 fully saturated rings. The second kappa shape index (κ2) is 23.6. The molecule has 0 aromatic heterocycles. The minimum atomic E-state index is -0.786. The van der Waals surface area contributed by atoms with E-state index in [2.05, 4.69) is 17.9 Å². The number of hydroxylamine groups is 2. The summed E-state index contributed by atoms with van der Waals surface area (Å²) >= 11 is 0. The van der Waals surface area contributed by atoms with Crippen LogP contribution in [0.5, 0.6) is 0 Å². The number of rotatable bonds is 8. The Bertz CT molecular complexity index is 586. The van der Waals surface area contributed by atoms with Gasteiger partial charge in [-0.05, 0) is 18.1 Å². The van der Waals surface area contributed by atoms with E-state index in [1.165, 1.54) is 12.2 Å².